The molecule has 0 radical (unpaired) electrons. The molecule has 0 N–H and O–H groups in total. The summed E-state index contributed by atoms with van der Waals surface area (Å²) in [6.45, 7) is 1.60. The van der Waals surface area contributed by atoms with E-state index in [1.54, 1.807) is 6.92 Å². The molecular formula is C24H18N4O5. The van der Waals surface area contributed by atoms with Crippen LogP contribution in [0.5, 0.6) is 5.75 Å². The minimum absolute atomic E-state index is 0.0110. The Bertz CT molecular complexity index is 1550. The van der Waals surface area contributed by atoms with E-state index in [1.807, 2.05) is 54.6 Å². The number of rotatable bonds is 5. The number of nitrogens with zero attached hydrogens (tertiary/aromatic N) is 4. The van der Waals surface area contributed by atoms with Gasteiger partial charge in [0.2, 0.25) is 17.3 Å². The largest absolute Gasteiger partial charge is 0.493 e. The lowest BCUT2D eigenvalue weighted by atomic mass is 10.0. The number of pyridine rings is 1. The highest BCUT2D eigenvalue weighted by Crippen LogP contribution is 2.25. The van der Waals surface area contributed by atoms with Crippen LogP contribution in [-0.2, 0) is 0 Å². The Morgan fingerprint density at radius 1 is 0.939 bits per heavy atom. The van der Waals surface area contributed by atoms with Gasteiger partial charge in [-0.15, -0.1) is 0 Å². The van der Waals surface area contributed by atoms with Crippen molar-refractivity contribution >= 4 is 11.1 Å². The number of ether oxygens (including phenoxy) is 1. The van der Waals surface area contributed by atoms with Crippen LogP contribution in [0.15, 0.2) is 85.4 Å². The van der Waals surface area contributed by atoms with E-state index in [9.17, 15) is 9.59 Å². The van der Waals surface area contributed by atoms with Crippen molar-refractivity contribution in [3.05, 3.63) is 93.7 Å². The number of hydrogen-bond donors (Lipinski definition) is 0. The molecule has 0 spiro atoms. The molecule has 0 fully saturated rings. The third-order valence-corrected chi connectivity index (χ3v) is 5.33. The predicted molar refractivity (Wildman–Crippen MR) is 120 cm³/mol. The van der Waals surface area contributed by atoms with Gasteiger partial charge >= 0.3 is 5.76 Å². The molecule has 0 unspecified atom stereocenters. The van der Waals surface area contributed by atoms with Gasteiger partial charge in [-0.05, 0) is 18.1 Å². The van der Waals surface area contributed by atoms with Crippen LogP contribution < -0.4 is 16.1 Å². The molecule has 3 aromatic heterocycles. The van der Waals surface area contributed by atoms with Crippen LogP contribution in [-0.4, -0.2) is 26.8 Å². The number of benzene rings is 2. The van der Waals surface area contributed by atoms with E-state index in [4.69, 9.17) is 13.7 Å². The lowest BCUT2D eigenvalue weighted by Gasteiger charge is -2.10. The maximum atomic E-state index is 13.0. The zero-order valence-electron chi connectivity index (χ0n) is 17.8. The van der Waals surface area contributed by atoms with Gasteiger partial charge in [0.05, 0.1) is 7.11 Å². The lowest BCUT2D eigenvalue weighted by molar-refractivity contribution is 0.324. The van der Waals surface area contributed by atoms with Gasteiger partial charge in [0, 0.05) is 17.8 Å². The van der Waals surface area contributed by atoms with E-state index in [1.165, 1.54) is 19.4 Å². The fourth-order valence-corrected chi connectivity index (χ4v) is 3.58. The average molecular weight is 442 g/mol. The summed E-state index contributed by atoms with van der Waals surface area (Å²) in [4.78, 5) is 34.0. The standard InChI is InChI=1S/C24H18N4O5/c1-14(28-23(29)19-20(32-24(28)30)18(31-2)12-13-25-19)22-26-21(27-33-22)17-10-8-16(9-11-17)15-6-4-3-5-7-15/h3-14H,1-2H3/t14-/m0/s1. The Hall–Kier alpha value is -4.53. The SMILES string of the molecule is COc1ccnc2c(=O)n([C@@H](C)c3nc(-c4ccc(-c5ccccc5)cc4)no3)c(=O)oc12. The van der Waals surface area contributed by atoms with Crippen molar-refractivity contribution in [3.63, 3.8) is 0 Å². The van der Waals surface area contributed by atoms with Crippen molar-refractivity contribution in [2.45, 2.75) is 13.0 Å². The summed E-state index contributed by atoms with van der Waals surface area (Å²) < 4.78 is 16.7. The Morgan fingerprint density at radius 2 is 1.64 bits per heavy atom. The highest BCUT2D eigenvalue weighted by atomic mass is 16.5. The Kier molecular flexibility index (Phi) is 5.06. The second kappa shape index (κ2) is 8.19. The van der Waals surface area contributed by atoms with E-state index in [0.29, 0.717) is 5.82 Å². The number of methoxy groups -OCH3 is 1. The van der Waals surface area contributed by atoms with Crippen LogP contribution in [0, 0.1) is 0 Å². The summed E-state index contributed by atoms with van der Waals surface area (Å²) in [6, 6.07) is 18.3. The molecule has 0 saturated heterocycles. The van der Waals surface area contributed by atoms with Gasteiger partial charge < -0.3 is 13.7 Å². The van der Waals surface area contributed by atoms with Crippen molar-refractivity contribution in [2.24, 2.45) is 0 Å². The second-order valence-electron chi connectivity index (χ2n) is 7.31. The number of fused-ring (bicyclic) bond motifs is 1. The van der Waals surface area contributed by atoms with Crippen LogP contribution in [0.4, 0.5) is 0 Å². The first-order valence-electron chi connectivity index (χ1n) is 10.1. The van der Waals surface area contributed by atoms with Crippen molar-refractivity contribution in [1.29, 1.82) is 0 Å². The van der Waals surface area contributed by atoms with Gasteiger partial charge in [-0.1, -0.05) is 59.8 Å². The van der Waals surface area contributed by atoms with Gasteiger partial charge in [-0.2, -0.15) is 4.98 Å². The zero-order chi connectivity index (χ0) is 22.9. The first kappa shape index (κ1) is 20.4. The van der Waals surface area contributed by atoms with Gasteiger partial charge in [0.15, 0.2) is 11.3 Å². The van der Waals surface area contributed by atoms with Crippen LogP contribution in [0.1, 0.15) is 18.9 Å². The van der Waals surface area contributed by atoms with Crippen molar-refractivity contribution in [1.82, 2.24) is 19.7 Å². The molecule has 0 saturated carbocycles. The molecule has 1 atom stereocenters. The summed E-state index contributed by atoms with van der Waals surface area (Å²) in [5.74, 6) is -0.199. The van der Waals surface area contributed by atoms with Gasteiger partial charge in [0.1, 0.15) is 6.04 Å². The quantitative estimate of drug-likeness (QED) is 0.405. The Morgan fingerprint density at radius 3 is 2.36 bits per heavy atom. The van der Waals surface area contributed by atoms with Crippen LogP contribution in [0.3, 0.4) is 0 Å². The molecular weight excluding hydrogens is 424 g/mol. The second-order valence-corrected chi connectivity index (χ2v) is 7.31. The van der Waals surface area contributed by atoms with E-state index < -0.39 is 17.4 Å². The third-order valence-electron chi connectivity index (χ3n) is 5.33. The van der Waals surface area contributed by atoms with E-state index >= 15 is 0 Å². The maximum Gasteiger partial charge on any atom is 0.423 e. The minimum Gasteiger partial charge on any atom is -0.493 e. The van der Waals surface area contributed by atoms with E-state index in [2.05, 4.69) is 15.1 Å². The first-order valence-corrected chi connectivity index (χ1v) is 10.1. The van der Waals surface area contributed by atoms with Gasteiger partial charge in [-0.3, -0.25) is 4.79 Å². The molecule has 3 heterocycles. The zero-order valence-corrected chi connectivity index (χ0v) is 17.8. The predicted octanol–water partition coefficient (Wildman–Crippen LogP) is 3.68. The fourth-order valence-electron chi connectivity index (χ4n) is 3.58. The Balaban J connectivity index is 1.49. The normalized spacial score (nSPS) is 12.1. The molecule has 5 aromatic rings. The monoisotopic (exact) mass is 442 g/mol. The third kappa shape index (κ3) is 3.59. The first-order chi connectivity index (χ1) is 16.1. The molecule has 164 valence electrons. The summed E-state index contributed by atoms with van der Waals surface area (Å²) in [6.07, 6.45) is 1.40. The van der Waals surface area contributed by atoms with Crippen LogP contribution in [0.25, 0.3) is 33.6 Å². The number of hydrogen-bond acceptors (Lipinski definition) is 8. The molecule has 0 aliphatic carbocycles. The summed E-state index contributed by atoms with van der Waals surface area (Å²) in [7, 11) is 1.41. The topological polar surface area (TPSA) is 113 Å². The van der Waals surface area contributed by atoms with Crippen molar-refractivity contribution in [2.75, 3.05) is 7.11 Å². The molecule has 0 bridgehead atoms. The molecule has 33 heavy (non-hydrogen) atoms. The maximum absolute atomic E-state index is 13.0. The molecule has 0 amide bonds. The molecule has 2 aromatic carbocycles. The van der Waals surface area contributed by atoms with Gasteiger partial charge in [0.25, 0.3) is 5.56 Å². The van der Waals surface area contributed by atoms with Crippen molar-refractivity contribution in [3.8, 4) is 28.3 Å². The van der Waals surface area contributed by atoms with E-state index in [0.717, 1.165) is 21.3 Å². The highest BCUT2D eigenvalue weighted by molar-refractivity contribution is 5.77. The molecule has 5 rings (SSSR count). The highest BCUT2D eigenvalue weighted by Gasteiger charge is 2.24. The van der Waals surface area contributed by atoms with E-state index in [-0.39, 0.29) is 22.7 Å². The molecule has 9 heteroatoms. The van der Waals surface area contributed by atoms with Crippen molar-refractivity contribution < 1.29 is 13.7 Å². The van der Waals surface area contributed by atoms with Crippen LogP contribution >= 0.6 is 0 Å². The summed E-state index contributed by atoms with van der Waals surface area (Å²) >= 11 is 0. The molecule has 0 aliphatic heterocycles. The lowest BCUT2D eigenvalue weighted by Crippen LogP contribution is -2.35. The summed E-state index contributed by atoms with van der Waals surface area (Å²) in [5, 5.41) is 4.01. The molecule has 0 aliphatic rings. The number of aromatic nitrogens is 4. The Labute approximate surface area is 186 Å². The summed E-state index contributed by atoms with van der Waals surface area (Å²) in [5.41, 5.74) is 2.21. The minimum atomic E-state index is -0.877. The fraction of sp³-hybridized carbons (Fsp3) is 0.125. The van der Waals surface area contributed by atoms with Crippen LogP contribution in [0.2, 0.25) is 0 Å². The smallest absolute Gasteiger partial charge is 0.423 e. The average Bonchev–Trinajstić information content (AvgIpc) is 3.35. The van der Waals surface area contributed by atoms with Gasteiger partial charge in [-0.25, -0.2) is 14.3 Å². The molecule has 9 nitrogen and oxygen atoms in total.